The summed E-state index contributed by atoms with van der Waals surface area (Å²) in [6, 6.07) is 0. The van der Waals surface area contributed by atoms with Crippen molar-refractivity contribution in [2.45, 2.75) is 19.2 Å². The second kappa shape index (κ2) is 5.13. The van der Waals surface area contributed by atoms with Crippen LogP contribution >= 0.6 is 0 Å². The van der Waals surface area contributed by atoms with E-state index in [-0.39, 0.29) is 6.61 Å². The summed E-state index contributed by atoms with van der Waals surface area (Å²) in [5, 5.41) is 8.39. The first-order valence-electron chi connectivity index (χ1n) is 2.78. The summed E-state index contributed by atoms with van der Waals surface area (Å²) in [5.41, 5.74) is 0. The van der Waals surface area contributed by atoms with Crippen molar-refractivity contribution in [1.82, 2.24) is 0 Å². The summed E-state index contributed by atoms with van der Waals surface area (Å²) in [5.74, 6) is 0.366. The zero-order chi connectivity index (χ0) is 6.41. The molecular formula is C5H12BO2. The van der Waals surface area contributed by atoms with Gasteiger partial charge in [0.05, 0.1) is 0 Å². The van der Waals surface area contributed by atoms with Crippen LogP contribution in [-0.2, 0) is 4.65 Å². The van der Waals surface area contributed by atoms with Gasteiger partial charge in [0.1, 0.15) is 0 Å². The van der Waals surface area contributed by atoms with E-state index in [0.717, 1.165) is 6.42 Å². The molecule has 0 saturated carbocycles. The lowest BCUT2D eigenvalue weighted by atomic mass is 9.80. The third-order valence-electron chi connectivity index (χ3n) is 0.953. The highest BCUT2D eigenvalue weighted by atomic mass is 16.4. The Hall–Kier alpha value is -0.0151. The highest BCUT2D eigenvalue weighted by molar-refractivity contribution is 6.29. The predicted molar refractivity (Wildman–Crippen MR) is 33.9 cm³/mol. The monoisotopic (exact) mass is 115 g/mol. The summed E-state index contributed by atoms with van der Waals surface area (Å²) in [6.07, 6.45) is 0.786. The van der Waals surface area contributed by atoms with Crippen molar-refractivity contribution in [1.29, 1.82) is 0 Å². The van der Waals surface area contributed by atoms with E-state index < -0.39 is 0 Å². The quantitative estimate of drug-likeness (QED) is 0.538. The molecule has 3 heteroatoms. The molecule has 0 heterocycles. The van der Waals surface area contributed by atoms with E-state index in [4.69, 9.17) is 9.76 Å². The van der Waals surface area contributed by atoms with Gasteiger partial charge in [-0.15, -0.1) is 0 Å². The van der Waals surface area contributed by atoms with E-state index in [9.17, 15) is 0 Å². The fourth-order valence-electron chi connectivity index (χ4n) is 0.504. The smallest absolute Gasteiger partial charge is 0.295 e. The Labute approximate surface area is 51.1 Å². The van der Waals surface area contributed by atoms with Gasteiger partial charge in [0.2, 0.25) is 0 Å². The van der Waals surface area contributed by atoms with Gasteiger partial charge in [0.25, 0.3) is 7.48 Å². The molecule has 1 radical (unpaired) electrons. The van der Waals surface area contributed by atoms with Crippen LogP contribution in [0.2, 0.25) is 5.82 Å². The van der Waals surface area contributed by atoms with Gasteiger partial charge < -0.3 is 9.76 Å². The molecule has 0 bridgehead atoms. The minimum atomic E-state index is 0.237. The van der Waals surface area contributed by atoms with Gasteiger partial charge in [-0.2, -0.15) is 0 Å². The van der Waals surface area contributed by atoms with Gasteiger partial charge in [0.15, 0.2) is 0 Å². The van der Waals surface area contributed by atoms with Crippen LogP contribution in [0.5, 0.6) is 0 Å². The average molecular weight is 115 g/mol. The third kappa shape index (κ3) is 4.15. The summed E-state index contributed by atoms with van der Waals surface area (Å²) in [6.45, 7) is 2.24. The van der Waals surface area contributed by atoms with Crippen molar-refractivity contribution < 1.29 is 9.76 Å². The Morgan fingerprint density at radius 3 is 2.75 bits per heavy atom. The van der Waals surface area contributed by atoms with Crippen molar-refractivity contribution in [3.05, 3.63) is 0 Å². The molecule has 1 atom stereocenters. The number of hydrogen-bond donors (Lipinski definition) is 1. The normalized spacial score (nSPS) is 13.4. The highest BCUT2D eigenvalue weighted by Crippen LogP contribution is 2.04. The maximum atomic E-state index is 8.39. The molecule has 0 aliphatic heterocycles. The van der Waals surface area contributed by atoms with Gasteiger partial charge in [-0.05, 0) is 12.2 Å². The van der Waals surface area contributed by atoms with Crippen LogP contribution in [0.3, 0.4) is 0 Å². The Morgan fingerprint density at radius 2 is 2.38 bits per heavy atom. The van der Waals surface area contributed by atoms with E-state index in [1.807, 2.05) is 6.92 Å². The zero-order valence-corrected chi connectivity index (χ0v) is 5.42. The topological polar surface area (TPSA) is 29.5 Å². The lowest BCUT2D eigenvalue weighted by molar-refractivity contribution is 0.283. The van der Waals surface area contributed by atoms with Crippen LogP contribution < -0.4 is 0 Å². The largest absolute Gasteiger partial charge is 0.443 e. The Balaban J connectivity index is 2.92. The Morgan fingerprint density at radius 1 is 1.75 bits per heavy atom. The minimum absolute atomic E-state index is 0.237. The van der Waals surface area contributed by atoms with E-state index in [1.165, 1.54) is 0 Å². The van der Waals surface area contributed by atoms with Gasteiger partial charge >= 0.3 is 0 Å². The molecule has 0 aromatic heterocycles. The summed E-state index contributed by atoms with van der Waals surface area (Å²) >= 11 is 0. The van der Waals surface area contributed by atoms with Crippen LogP contribution in [0.4, 0.5) is 0 Å². The van der Waals surface area contributed by atoms with Gasteiger partial charge in [-0.1, -0.05) is 6.92 Å². The predicted octanol–water partition coefficient (Wildman–Crippen LogP) is 0.443. The fourth-order valence-corrected chi connectivity index (χ4v) is 0.504. The Kier molecular flexibility index (Phi) is 5.12. The molecule has 0 aliphatic rings. The highest BCUT2D eigenvalue weighted by Gasteiger charge is 2.01. The maximum Gasteiger partial charge on any atom is 0.295 e. The lowest BCUT2D eigenvalue weighted by Gasteiger charge is -2.03. The Bertz CT molecular complexity index is 43.7. The molecule has 0 aromatic carbocycles. The molecule has 1 unspecified atom stereocenters. The van der Waals surface area contributed by atoms with E-state index in [0.29, 0.717) is 5.82 Å². The third-order valence-corrected chi connectivity index (χ3v) is 0.953. The number of aliphatic hydroxyl groups excluding tert-OH is 1. The van der Waals surface area contributed by atoms with Crippen LogP contribution in [0.1, 0.15) is 13.3 Å². The molecule has 0 aliphatic carbocycles. The first kappa shape index (κ1) is 7.98. The molecule has 0 aromatic rings. The second-order valence-electron chi connectivity index (χ2n) is 1.86. The average Bonchev–Trinajstić information content (AvgIpc) is 1.68. The molecule has 0 fully saturated rings. The minimum Gasteiger partial charge on any atom is -0.443 e. The molecule has 2 nitrogen and oxygen atoms in total. The molecule has 0 spiro atoms. The lowest BCUT2D eigenvalue weighted by Crippen LogP contribution is -2.03. The first-order valence-corrected chi connectivity index (χ1v) is 2.78. The first-order chi connectivity index (χ1) is 3.81. The summed E-state index contributed by atoms with van der Waals surface area (Å²) in [4.78, 5) is 0. The van der Waals surface area contributed by atoms with Crippen LogP contribution in [0.15, 0.2) is 0 Å². The molecule has 0 saturated heterocycles. The SMILES string of the molecule is CO[B]C(C)CCO. The standard InChI is InChI=1S/C5H12BO2/c1-5(3-4-7)6-8-2/h5,7H,3-4H2,1-2H3. The van der Waals surface area contributed by atoms with E-state index >= 15 is 0 Å². The van der Waals surface area contributed by atoms with Crippen molar-refractivity contribution in [2.24, 2.45) is 0 Å². The summed E-state index contributed by atoms with van der Waals surface area (Å²) in [7, 11) is 3.34. The molecule has 0 amide bonds. The number of hydrogen-bond acceptors (Lipinski definition) is 2. The van der Waals surface area contributed by atoms with Gasteiger partial charge in [-0.25, -0.2) is 0 Å². The molecule has 0 rings (SSSR count). The van der Waals surface area contributed by atoms with Crippen molar-refractivity contribution >= 4 is 7.48 Å². The van der Waals surface area contributed by atoms with E-state index in [2.05, 4.69) is 0 Å². The van der Waals surface area contributed by atoms with Gasteiger partial charge in [0, 0.05) is 13.7 Å². The molecule has 1 N–H and O–H groups in total. The summed E-state index contributed by atoms with van der Waals surface area (Å²) < 4.78 is 4.72. The van der Waals surface area contributed by atoms with Crippen LogP contribution in [0.25, 0.3) is 0 Å². The number of rotatable bonds is 4. The van der Waals surface area contributed by atoms with Crippen LogP contribution in [-0.4, -0.2) is 26.3 Å². The van der Waals surface area contributed by atoms with Crippen molar-refractivity contribution in [3.63, 3.8) is 0 Å². The fraction of sp³-hybridized carbons (Fsp3) is 1.00. The molecule has 47 valence electrons. The molecule has 8 heavy (non-hydrogen) atoms. The van der Waals surface area contributed by atoms with Crippen molar-refractivity contribution in [2.75, 3.05) is 13.7 Å². The van der Waals surface area contributed by atoms with Gasteiger partial charge in [-0.3, -0.25) is 0 Å². The van der Waals surface area contributed by atoms with Crippen LogP contribution in [0, 0.1) is 0 Å². The van der Waals surface area contributed by atoms with E-state index in [1.54, 1.807) is 14.6 Å². The zero-order valence-electron chi connectivity index (χ0n) is 5.42. The molecular weight excluding hydrogens is 103 g/mol. The van der Waals surface area contributed by atoms with Crippen molar-refractivity contribution in [3.8, 4) is 0 Å². The maximum absolute atomic E-state index is 8.39. The number of aliphatic hydroxyl groups is 1. The second-order valence-corrected chi connectivity index (χ2v) is 1.86.